The Hall–Kier alpha value is -0.160. The molecule has 0 amide bonds. The number of nitrogens with zero attached hydrogens (tertiary/aromatic N) is 2. The van der Waals surface area contributed by atoms with Crippen molar-refractivity contribution in [1.82, 2.24) is 15.1 Å². The third-order valence-electron chi connectivity index (χ3n) is 5.08. The number of rotatable bonds is 7. The number of ether oxygens (including phenoxy) is 1. The Balaban J connectivity index is 1.59. The second kappa shape index (κ2) is 8.32. The summed E-state index contributed by atoms with van der Waals surface area (Å²) in [5.41, 5.74) is 0. The van der Waals surface area contributed by atoms with Crippen molar-refractivity contribution in [3.8, 4) is 0 Å². The minimum atomic E-state index is 0.438. The maximum Gasteiger partial charge on any atom is 0.0726 e. The zero-order valence-corrected chi connectivity index (χ0v) is 13.6. The maximum absolute atomic E-state index is 5.73. The molecule has 118 valence electrons. The van der Waals surface area contributed by atoms with Gasteiger partial charge in [-0.15, -0.1) is 0 Å². The van der Waals surface area contributed by atoms with E-state index in [1.807, 2.05) is 0 Å². The van der Waals surface area contributed by atoms with E-state index in [1.54, 1.807) is 0 Å². The van der Waals surface area contributed by atoms with Gasteiger partial charge in [0.1, 0.15) is 0 Å². The lowest BCUT2D eigenvalue weighted by atomic mass is 10.0. The van der Waals surface area contributed by atoms with Crippen LogP contribution in [0, 0.1) is 0 Å². The van der Waals surface area contributed by atoms with Gasteiger partial charge in [-0.1, -0.05) is 6.92 Å². The Morgan fingerprint density at radius 1 is 1.30 bits per heavy atom. The first-order chi connectivity index (χ1) is 9.70. The van der Waals surface area contributed by atoms with Crippen molar-refractivity contribution in [2.24, 2.45) is 0 Å². The minimum absolute atomic E-state index is 0.438. The fourth-order valence-electron chi connectivity index (χ4n) is 3.46. The van der Waals surface area contributed by atoms with E-state index in [-0.39, 0.29) is 0 Å². The Bertz CT molecular complexity index is 260. The van der Waals surface area contributed by atoms with Crippen molar-refractivity contribution >= 4 is 0 Å². The second-order valence-electron chi connectivity index (χ2n) is 6.44. The topological polar surface area (TPSA) is 27.7 Å². The highest BCUT2D eigenvalue weighted by atomic mass is 16.5. The van der Waals surface area contributed by atoms with Crippen LogP contribution in [-0.2, 0) is 4.74 Å². The molecule has 0 bridgehead atoms. The van der Waals surface area contributed by atoms with Gasteiger partial charge in [-0.05, 0) is 59.3 Å². The van der Waals surface area contributed by atoms with E-state index < -0.39 is 0 Å². The highest BCUT2D eigenvalue weighted by Crippen LogP contribution is 2.16. The summed E-state index contributed by atoms with van der Waals surface area (Å²) >= 11 is 0. The number of likely N-dealkylation sites (N-methyl/N-ethyl adjacent to an activating group) is 1. The Labute approximate surface area is 124 Å². The van der Waals surface area contributed by atoms with Crippen LogP contribution in [0.15, 0.2) is 0 Å². The Morgan fingerprint density at radius 2 is 2.05 bits per heavy atom. The summed E-state index contributed by atoms with van der Waals surface area (Å²) in [5.74, 6) is 0. The van der Waals surface area contributed by atoms with E-state index in [0.29, 0.717) is 12.1 Å². The van der Waals surface area contributed by atoms with Gasteiger partial charge in [0.15, 0.2) is 0 Å². The Kier molecular flexibility index (Phi) is 6.75. The predicted molar refractivity (Wildman–Crippen MR) is 84.2 cm³/mol. The molecule has 2 atom stereocenters. The molecule has 0 saturated carbocycles. The quantitative estimate of drug-likeness (QED) is 0.767. The smallest absolute Gasteiger partial charge is 0.0726 e. The third-order valence-corrected chi connectivity index (χ3v) is 5.08. The lowest BCUT2D eigenvalue weighted by Gasteiger charge is -2.36. The van der Waals surface area contributed by atoms with Gasteiger partial charge < -0.3 is 19.9 Å². The molecule has 2 aliphatic heterocycles. The van der Waals surface area contributed by atoms with Crippen molar-refractivity contribution in [1.29, 1.82) is 0 Å². The second-order valence-corrected chi connectivity index (χ2v) is 6.44. The maximum atomic E-state index is 5.73. The summed E-state index contributed by atoms with van der Waals surface area (Å²) in [6.45, 7) is 11.4. The van der Waals surface area contributed by atoms with Crippen molar-refractivity contribution in [3.63, 3.8) is 0 Å². The van der Waals surface area contributed by atoms with E-state index in [2.05, 4.69) is 36.0 Å². The number of hydrogen-bond donors (Lipinski definition) is 1. The van der Waals surface area contributed by atoms with Crippen LogP contribution in [0.3, 0.4) is 0 Å². The van der Waals surface area contributed by atoms with E-state index in [0.717, 1.165) is 25.7 Å². The summed E-state index contributed by atoms with van der Waals surface area (Å²) < 4.78 is 5.73. The monoisotopic (exact) mass is 283 g/mol. The molecule has 0 radical (unpaired) electrons. The van der Waals surface area contributed by atoms with Crippen molar-refractivity contribution < 1.29 is 4.74 Å². The fourth-order valence-corrected chi connectivity index (χ4v) is 3.46. The number of likely N-dealkylation sites (tertiary alicyclic amines) is 1. The average Bonchev–Trinajstić information content (AvgIpc) is 3.01. The van der Waals surface area contributed by atoms with Crippen molar-refractivity contribution in [2.75, 3.05) is 46.4 Å². The van der Waals surface area contributed by atoms with Crippen molar-refractivity contribution in [3.05, 3.63) is 0 Å². The largest absolute Gasteiger partial charge is 0.377 e. The molecule has 2 fully saturated rings. The highest BCUT2D eigenvalue weighted by Gasteiger charge is 2.23. The zero-order valence-electron chi connectivity index (χ0n) is 13.6. The van der Waals surface area contributed by atoms with Gasteiger partial charge in [0, 0.05) is 31.8 Å². The molecule has 0 spiro atoms. The number of nitrogens with one attached hydrogen (secondary N) is 1. The SMILES string of the molecule is CCN1CCC(N(C)CCNC(C)C2CCCO2)CC1. The highest BCUT2D eigenvalue weighted by molar-refractivity contribution is 4.80. The summed E-state index contributed by atoms with van der Waals surface area (Å²) in [6, 6.07) is 1.27. The molecular weight excluding hydrogens is 250 g/mol. The average molecular weight is 283 g/mol. The minimum Gasteiger partial charge on any atom is -0.377 e. The van der Waals surface area contributed by atoms with E-state index in [4.69, 9.17) is 4.74 Å². The van der Waals surface area contributed by atoms with Crippen LogP contribution in [-0.4, -0.2) is 74.4 Å². The zero-order chi connectivity index (χ0) is 14.4. The molecule has 0 aliphatic carbocycles. The first kappa shape index (κ1) is 16.2. The van der Waals surface area contributed by atoms with Crippen LogP contribution >= 0.6 is 0 Å². The van der Waals surface area contributed by atoms with Crippen LogP contribution in [0.2, 0.25) is 0 Å². The molecule has 0 aromatic heterocycles. The molecule has 4 heteroatoms. The first-order valence-electron chi connectivity index (χ1n) is 8.48. The van der Waals surface area contributed by atoms with Gasteiger partial charge in [-0.25, -0.2) is 0 Å². The molecular formula is C16H33N3O. The van der Waals surface area contributed by atoms with Crippen LogP contribution in [0.5, 0.6) is 0 Å². The van der Waals surface area contributed by atoms with Crippen LogP contribution < -0.4 is 5.32 Å². The van der Waals surface area contributed by atoms with Crippen molar-refractivity contribution in [2.45, 2.75) is 57.7 Å². The molecule has 2 aliphatic rings. The van der Waals surface area contributed by atoms with Gasteiger partial charge in [0.25, 0.3) is 0 Å². The Morgan fingerprint density at radius 3 is 2.65 bits per heavy atom. The van der Waals surface area contributed by atoms with Crippen LogP contribution in [0.1, 0.15) is 39.5 Å². The van der Waals surface area contributed by atoms with Gasteiger partial charge in [-0.2, -0.15) is 0 Å². The van der Waals surface area contributed by atoms with Gasteiger partial charge in [0.2, 0.25) is 0 Å². The predicted octanol–water partition coefficient (Wildman–Crippen LogP) is 1.56. The molecule has 1 N–H and O–H groups in total. The van der Waals surface area contributed by atoms with E-state index >= 15 is 0 Å². The molecule has 2 heterocycles. The standard InChI is InChI=1S/C16H33N3O/c1-4-19-10-7-15(8-11-19)18(3)12-9-17-14(2)16-6-5-13-20-16/h14-17H,4-13H2,1-3H3. The third kappa shape index (κ3) is 4.69. The summed E-state index contributed by atoms with van der Waals surface area (Å²) in [4.78, 5) is 5.10. The summed E-state index contributed by atoms with van der Waals surface area (Å²) in [7, 11) is 2.28. The van der Waals surface area contributed by atoms with E-state index in [1.165, 1.54) is 45.3 Å². The molecule has 2 saturated heterocycles. The lowest BCUT2D eigenvalue weighted by molar-refractivity contribution is 0.0809. The summed E-state index contributed by atoms with van der Waals surface area (Å²) in [6.07, 6.45) is 5.54. The molecule has 4 nitrogen and oxygen atoms in total. The van der Waals surface area contributed by atoms with Crippen LogP contribution in [0.25, 0.3) is 0 Å². The van der Waals surface area contributed by atoms with Gasteiger partial charge in [-0.3, -0.25) is 0 Å². The fraction of sp³-hybridized carbons (Fsp3) is 1.00. The van der Waals surface area contributed by atoms with Gasteiger partial charge in [0.05, 0.1) is 6.10 Å². The molecule has 2 rings (SSSR count). The normalized spacial score (nSPS) is 27.3. The summed E-state index contributed by atoms with van der Waals surface area (Å²) in [5, 5.41) is 3.64. The van der Waals surface area contributed by atoms with Gasteiger partial charge >= 0.3 is 0 Å². The molecule has 0 aromatic carbocycles. The lowest BCUT2D eigenvalue weighted by Crippen LogP contribution is -2.46. The van der Waals surface area contributed by atoms with Crippen LogP contribution in [0.4, 0.5) is 0 Å². The van der Waals surface area contributed by atoms with E-state index in [9.17, 15) is 0 Å². The first-order valence-corrected chi connectivity index (χ1v) is 8.48. The molecule has 0 aromatic rings. The number of piperidine rings is 1. The molecule has 2 unspecified atom stereocenters. The number of hydrogen-bond acceptors (Lipinski definition) is 4. The molecule has 20 heavy (non-hydrogen) atoms.